The quantitative estimate of drug-likeness (QED) is 0.337. The summed E-state index contributed by atoms with van der Waals surface area (Å²) in [6.07, 6.45) is -3.33. The lowest BCUT2D eigenvalue weighted by atomic mass is 9.97. The summed E-state index contributed by atoms with van der Waals surface area (Å²) in [7, 11) is 0. The monoisotopic (exact) mass is 488 g/mol. The SMILES string of the molecule is O=C(Nc1ccc(Cl)cn1)c1c(F)ccc(OC(=O)C(F)(F)F)c1NC(=O)C1CCNCC1. The number of alkyl halides is 3. The molecule has 13 heteroatoms. The third-order valence-electron chi connectivity index (χ3n) is 4.70. The molecule has 1 aliphatic rings. The largest absolute Gasteiger partial charge is 0.491 e. The first-order valence-electron chi connectivity index (χ1n) is 9.62. The summed E-state index contributed by atoms with van der Waals surface area (Å²) in [5.41, 5.74) is -1.54. The fraction of sp³-hybridized carbons (Fsp3) is 0.300. The molecule has 8 nitrogen and oxygen atoms in total. The number of hydrogen-bond acceptors (Lipinski definition) is 6. The van der Waals surface area contributed by atoms with Crippen molar-refractivity contribution in [3.05, 3.63) is 46.9 Å². The number of carbonyl (C=O) groups excluding carboxylic acids is 3. The van der Waals surface area contributed by atoms with Crippen molar-refractivity contribution < 1.29 is 36.7 Å². The highest BCUT2D eigenvalue weighted by Crippen LogP contribution is 2.34. The highest BCUT2D eigenvalue weighted by molar-refractivity contribution is 6.30. The van der Waals surface area contributed by atoms with E-state index >= 15 is 0 Å². The number of aromatic nitrogens is 1. The summed E-state index contributed by atoms with van der Waals surface area (Å²) >= 11 is 5.73. The van der Waals surface area contributed by atoms with Crippen LogP contribution < -0.4 is 20.7 Å². The first kappa shape index (κ1) is 24.4. The topological polar surface area (TPSA) is 109 Å². The molecule has 0 atom stereocenters. The van der Waals surface area contributed by atoms with Gasteiger partial charge in [-0.2, -0.15) is 13.2 Å². The fourth-order valence-corrected chi connectivity index (χ4v) is 3.20. The third-order valence-corrected chi connectivity index (χ3v) is 4.93. The van der Waals surface area contributed by atoms with Gasteiger partial charge in [-0.05, 0) is 50.2 Å². The van der Waals surface area contributed by atoms with Crippen molar-refractivity contribution in [2.24, 2.45) is 5.92 Å². The normalized spacial score (nSPS) is 14.5. The zero-order valence-electron chi connectivity index (χ0n) is 16.8. The molecule has 0 radical (unpaired) electrons. The molecule has 1 aromatic carbocycles. The minimum absolute atomic E-state index is 0.0443. The van der Waals surface area contributed by atoms with Gasteiger partial charge < -0.3 is 20.7 Å². The number of benzene rings is 1. The molecule has 0 unspecified atom stereocenters. The van der Waals surface area contributed by atoms with Crippen LogP contribution in [0.3, 0.4) is 0 Å². The maximum atomic E-state index is 14.7. The van der Waals surface area contributed by atoms with Gasteiger partial charge in [-0.15, -0.1) is 0 Å². The molecule has 33 heavy (non-hydrogen) atoms. The Hall–Kier alpha value is -3.25. The average Bonchev–Trinajstić information content (AvgIpc) is 2.77. The van der Waals surface area contributed by atoms with E-state index in [4.69, 9.17) is 11.6 Å². The van der Waals surface area contributed by atoms with Gasteiger partial charge in [0.2, 0.25) is 5.91 Å². The van der Waals surface area contributed by atoms with Crippen LogP contribution in [-0.4, -0.2) is 42.0 Å². The molecule has 0 bridgehead atoms. The van der Waals surface area contributed by atoms with Gasteiger partial charge in [0.1, 0.15) is 22.9 Å². The number of nitrogens with one attached hydrogen (secondary N) is 3. The third kappa shape index (κ3) is 6.17. The molecule has 1 saturated heterocycles. The fourth-order valence-electron chi connectivity index (χ4n) is 3.08. The van der Waals surface area contributed by atoms with Gasteiger partial charge in [0.05, 0.1) is 5.02 Å². The second kappa shape index (κ2) is 10.1. The van der Waals surface area contributed by atoms with Crippen molar-refractivity contribution in [1.29, 1.82) is 0 Å². The van der Waals surface area contributed by atoms with Crippen molar-refractivity contribution in [3.8, 4) is 5.75 Å². The molecule has 176 valence electrons. The lowest BCUT2D eigenvalue weighted by Gasteiger charge is -2.23. The minimum Gasteiger partial charge on any atom is -0.418 e. The molecule has 3 rings (SSSR count). The van der Waals surface area contributed by atoms with E-state index in [1.807, 2.05) is 0 Å². The summed E-state index contributed by atoms with van der Waals surface area (Å²) < 4.78 is 57.2. The van der Waals surface area contributed by atoms with E-state index in [1.165, 1.54) is 18.3 Å². The Morgan fingerprint density at radius 3 is 2.39 bits per heavy atom. The number of hydrogen-bond donors (Lipinski definition) is 3. The zero-order valence-corrected chi connectivity index (χ0v) is 17.5. The van der Waals surface area contributed by atoms with Crippen LogP contribution >= 0.6 is 11.6 Å². The Balaban J connectivity index is 1.99. The molecule has 2 aromatic rings. The van der Waals surface area contributed by atoms with Crippen molar-refractivity contribution in [2.75, 3.05) is 23.7 Å². The molecule has 3 N–H and O–H groups in total. The first-order valence-corrected chi connectivity index (χ1v) is 10.00. The van der Waals surface area contributed by atoms with Crippen molar-refractivity contribution in [3.63, 3.8) is 0 Å². The smallest absolute Gasteiger partial charge is 0.418 e. The molecule has 0 saturated carbocycles. The van der Waals surface area contributed by atoms with Crippen LogP contribution in [0.2, 0.25) is 5.02 Å². The van der Waals surface area contributed by atoms with Crippen LogP contribution in [0, 0.1) is 11.7 Å². The number of nitrogens with zero attached hydrogens (tertiary/aromatic N) is 1. The van der Waals surface area contributed by atoms with Crippen LogP contribution in [0.25, 0.3) is 0 Å². The molecule has 1 fully saturated rings. The maximum Gasteiger partial charge on any atom is 0.491 e. The highest BCUT2D eigenvalue weighted by atomic mass is 35.5. The van der Waals surface area contributed by atoms with E-state index in [2.05, 4.69) is 25.7 Å². The van der Waals surface area contributed by atoms with Gasteiger partial charge >= 0.3 is 12.1 Å². The first-order chi connectivity index (χ1) is 15.6. The minimum atomic E-state index is -5.36. The van der Waals surface area contributed by atoms with Gasteiger partial charge in [-0.1, -0.05) is 11.6 Å². The summed E-state index contributed by atoms with van der Waals surface area (Å²) in [5, 5.41) is 7.83. The Bertz CT molecular complexity index is 1060. The number of ether oxygens (including phenoxy) is 1. The van der Waals surface area contributed by atoms with E-state index < -0.39 is 52.7 Å². The average molecular weight is 489 g/mol. The number of anilines is 2. The van der Waals surface area contributed by atoms with Crippen LogP contribution in [0.1, 0.15) is 23.2 Å². The second-order valence-electron chi connectivity index (χ2n) is 7.01. The van der Waals surface area contributed by atoms with Gasteiger partial charge in [-0.3, -0.25) is 9.59 Å². The van der Waals surface area contributed by atoms with Crippen LogP contribution in [0.5, 0.6) is 5.75 Å². The Kier molecular flexibility index (Phi) is 7.49. The Labute approximate surface area is 189 Å². The second-order valence-corrected chi connectivity index (χ2v) is 7.45. The number of piperidine rings is 1. The predicted molar refractivity (Wildman–Crippen MR) is 110 cm³/mol. The van der Waals surface area contributed by atoms with Crippen LogP contribution in [-0.2, 0) is 9.59 Å². The van der Waals surface area contributed by atoms with Crippen molar-refractivity contribution in [1.82, 2.24) is 10.3 Å². The molecule has 2 amide bonds. The summed E-state index contributed by atoms with van der Waals surface area (Å²) in [6, 6.07) is 4.05. The number of amides is 2. The summed E-state index contributed by atoms with van der Waals surface area (Å²) in [5.74, 6) is -7.01. The van der Waals surface area contributed by atoms with E-state index in [9.17, 15) is 31.9 Å². The van der Waals surface area contributed by atoms with E-state index in [0.29, 0.717) is 38.1 Å². The van der Waals surface area contributed by atoms with E-state index in [1.54, 1.807) is 0 Å². The lowest BCUT2D eigenvalue weighted by molar-refractivity contribution is -0.189. The number of halogens is 5. The lowest BCUT2D eigenvalue weighted by Crippen LogP contribution is -2.35. The number of carbonyl (C=O) groups is 3. The van der Waals surface area contributed by atoms with Crippen LogP contribution in [0.15, 0.2) is 30.5 Å². The molecule has 0 spiro atoms. The standard InChI is InChI=1S/C20H17ClF4N4O4/c21-11-1-4-14(27-9-11)28-18(31)15-12(22)2-3-13(33-19(32)20(23,24)25)16(15)29-17(30)10-5-7-26-8-6-10/h1-4,9-10,26H,5-8H2,(H,29,30)(H,27,28,31). The molecule has 0 aliphatic carbocycles. The van der Waals surface area contributed by atoms with Gasteiger partial charge in [0.15, 0.2) is 5.75 Å². The van der Waals surface area contributed by atoms with E-state index in [-0.39, 0.29) is 10.8 Å². The summed E-state index contributed by atoms with van der Waals surface area (Å²) in [6.45, 7) is 1.04. The number of rotatable bonds is 5. The van der Waals surface area contributed by atoms with Gasteiger partial charge in [0, 0.05) is 12.1 Å². The van der Waals surface area contributed by atoms with Crippen molar-refractivity contribution in [2.45, 2.75) is 19.0 Å². The predicted octanol–water partition coefficient (Wildman–Crippen LogP) is 3.53. The van der Waals surface area contributed by atoms with Gasteiger partial charge in [0.25, 0.3) is 5.91 Å². The maximum absolute atomic E-state index is 14.7. The molecule has 1 aromatic heterocycles. The van der Waals surface area contributed by atoms with Crippen molar-refractivity contribution >= 4 is 40.9 Å². The zero-order chi connectivity index (χ0) is 24.2. The summed E-state index contributed by atoms with van der Waals surface area (Å²) in [4.78, 5) is 40.7. The Morgan fingerprint density at radius 2 is 1.79 bits per heavy atom. The number of pyridine rings is 1. The van der Waals surface area contributed by atoms with Gasteiger partial charge in [-0.25, -0.2) is 14.2 Å². The van der Waals surface area contributed by atoms with E-state index in [0.717, 1.165) is 0 Å². The molecular formula is C20H17ClF4N4O4. The molecule has 2 heterocycles. The molecular weight excluding hydrogens is 472 g/mol. The molecule has 1 aliphatic heterocycles. The Morgan fingerprint density at radius 1 is 1.09 bits per heavy atom. The number of esters is 1. The van der Waals surface area contributed by atoms with Crippen LogP contribution in [0.4, 0.5) is 29.1 Å². The highest BCUT2D eigenvalue weighted by Gasteiger charge is 2.42.